The zero-order chi connectivity index (χ0) is 36.9. The highest BCUT2D eigenvalue weighted by Crippen LogP contribution is 2.58. The maximum Gasteiger partial charge on any atom is 0.410 e. The Hall–Kier alpha value is -3.32. The van der Waals surface area contributed by atoms with E-state index in [2.05, 4.69) is 10.8 Å². The largest absolute Gasteiger partial charge is 0.444 e. The van der Waals surface area contributed by atoms with Crippen molar-refractivity contribution in [2.75, 3.05) is 19.8 Å². The van der Waals surface area contributed by atoms with Crippen LogP contribution in [0.4, 0.5) is 4.79 Å². The van der Waals surface area contributed by atoms with Gasteiger partial charge in [-0.3, -0.25) is 28.8 Å². The molecular weight excluding hydrogens is 674 g/mol. The fourth-order valence-corrected chi connectivity index (χ4v) is 9.58. The zero-order valence-electron chi connectivity index (χ0n) is 30.6. The van der Waals surface area contributed by atoms with Crippen LogP contribution < -0.4 is 4.72 Å². The molecule has 3 amide bonds. The molecule has 1 aromatic rings. The maximum atomic E-state index is 14.6. The molecule has 0 radical (unpaired) electrons. The van der Waals surface area contributed by atoms with Crippen molar-refractivity contribution in [1.82, 2.24) is 14.5 Å². The van der Waals surface area contributed by atoms with Crippen molar-refractivity contribution >= 4 is 39.5 Å². The highest BCUT2D eigenvalue weighted by atomic mass is 32.2. The van der Waals surface area contributed by atoms with Crippen LogP contribution in [0.25, 0.3) is 0 Å². The first-order chi connectivity index (χ1) is 24.0. The SMILES string of the molecule is CC[C@@H]1C[C@]1(CC(=O)[C@@H]1C[C@@H]2CN1C(=O)[C@H](C(C)(C)C)CC(=O)[C@@H](C)COCCCc1cccc3c1CN(C3)C(=O)O2)C(=O)NS(=O)(=O)C1CC1. The minimum absolute atomic E-state index is 0.0289. The maximum absolute atomic E-state index is 14.6. The van der Waals surface area contributed by atoms with Crippen LogP contribution in [0.15, 0.2) is 18.2 Å². The number of benzene rings is 1. The van der Waals surface area contributed by atoms with Crippen LogP contribution in [-0.2, 0) is 58.2 Å². The minimum Gasteiger partial charge on any atom is -0.444 e. The van der Waals surface area contributed by atoms with Gasteiger partial charge in [0.2, 0.25) is 21.8 Å². The summed E-state index contributed by atoms with van der Waals surface area (Å²) < 4.78 is 39.6. The third-order valence-electron chi connectivity index (χ3n) is 11.8. The molecule has 2 saturated carbocycles. The van der Waals surface area contributed by atoms with Gasteiger partial charge in [0.15, 0.2) is 5.78 Å². The van der Waals surface area contributed by atoms with Crippen LogP contribution in [0, 0.1) is 28.6 Å². The van der Waals surface area contributed by atoms with E-state index in [1.54, 1.807) is 11.8 Å². The number of hydrogen-bond donors (Lipinski definition) is 1. The number of amides is 3. The Morgan fingerprint density at radius 3 is 2.47 bits per heavy atom. The lowest BCUT2D eigenvalue weighted by atomic mass is 9.75. The van der Waals surface area contributed by atoms with Gasteiger partial charge in [0.1, 0.15) is 11.9 Å². The van der Waals surface area contributed by atoms with Crippen molar-refractivity contribution in [2.24, 2.45) is 28.6 Å². The van der Waals surface area contributed by atoms with Gasteiger partial charge in [-0.15, -0.1) is 0 Å². The Bertz CT molecular complexity index is 1680. The first-order valence-electron chi connectivity index (χ1n) is 18.6. The van der Waals surface area contributed by atoms with E-state index < -0.39 is 62.1 Å². The number of aryl methyl sites for hydroxylation is 1. The van der Waals surface area contributed by atoms with E-state index in [0.29, 0.717) is 45.4 Å². The molecule has 13 heteroatoms. The van der Waals surface area contributed by atoms with Gasteiger partial charge in [-0.05, 0) is 60.1 Å². The van der Waals surface area contributed by atoms with E-state index in [1.165, 1.54) is 4.90 Å². The number of sulfonamides is 1. The lowest BCUT2D eigenvalue weighted by Crippen LogP contribution is -2.49. The lowest BCUT2D eigenvalue weighted by Gasteiger charge is -2.35. The van der Waals surface area contributed by atoms with Crippen LogP contribution in [0.2, 0.25) is 0 Å². The molecule has 4 bridgehead atoms. The molecule has 3 fully saturated rings. The number of rotatable bonds is 7. The van der Waals surface area contributed by atoms with Gasteiger partial charge >= 0.3 is 6.09 Å². The standard InChI is InChI=1S/C38H53N3O9S/c1-6-26-17-38(26,35(45)39-51(47,48)28-12-13-28)18-33(43)31-15-27-20-41(31)34(44)30(37(3,4)5)16-32(42)23(2)22-49-14-8-11-24-9-7-10-25-19-40(21-29(24)25)36(46)50-27/h7,9-10,23,26-28,30-31H,6,8,11-22H2,1-5H3,(H,39,45)/t23-,26+,27+,30+,31-,38+/m0/s1. The second kappa shape index (κ2) is 14.2. The molecule has 1 saturated heterocycles. The fourth-order valence-electron chi connectivity index (χ4n) is 8.20. The van der Waals surface area contributed by atoms with Crippen LogP contribution in [0.5, 0.6) is 0 Å². The van der Waals surface area contributed by atoms with Crippen molar-refractivity contribution in [3.63, 3.8) is 0 Å². The molecule has 6 atom stereocenters. The van der Waals surface area contributed by atoms with Crippen LogP contribution >= 0.6 is 0 Å². The predicted molar refractivity (Wildman–Crippen MR) is 187 cm³/mol. The van der Waals surface area contributed by atoms with Crippen molar-refractivity contribution in [1.29, 1.82) is 0 Å². The highest BCUT2D eigenvalue weighted by molar-refractivity contribution is 7.90. The molecule has 5 aliphatic rings. The minimum atomic E-state index is -3.82. The molecule has 0 unspecified atom stereocenters. The van der Waals surface area contributed by atoms with Crippen molar-refractivity contribution in [2.45, 2.75) is 123 Å². The number of carbonyl (C=O) groups is 5. The lowest BCUT2D eigenvalue weighted by molar-refractivity contribution is -0.147. The molecule has 1 aromatic carbocycles. The normalized spacial score (nSPS) is 30.7. The van der Waals surface area contributed by atoms with Crippen LogP contribution in [-0.4, -0.2) is 84.8 Å². The van der Waals surface area contributed by atoms with E-state index in [0.717, 1.165) is 29.5 Å². The number of carbonyl (C=O) groups excluding carboxylic acids is 5. The van der Waals surface area contributed by atoms with Gasteiger partial charge in [0.05, 0.1) is 29.9 Å². The smallest absolute Gasteiger partial charge is 0.410 e. The molecule has 3 heterocycles. The number of fused-ring (bicyclic) bond motifs is 3. The average Bonchev–Trinajstić information content (AvgIpc) is 3.96. The molecule has 280 valence electrons. The molecule has 2 aliphatic carbocycles. The number of Topliss-reactive ketones (excluding diaryl/α,β-unsaturated/α-hetero) is 2. The predicted octanol–water partition coefficient (Wildman–Crippen LogP) is 4.31. The van der Waals surface area contributed by atoms with E-state index >= 15 is 0 Å². The quantitative estimate of drug-likeness (QED) is 0.433. The van der Waals surface area contributed by atoms with Gasteiger partial charge in [-0.25, -0.2) is 13.2 Å². The Kier molecular flexibility index (Phi) is 10.5. The molecule has 6 rings (SSSR count). The van der Waals surface area contributed by atoms with Crippen LogP contribution in [0.3, 0.4) is 0 Å². The topological polar surface area (TPSA) is 156 Å². The van der Waals surface area contributed by atoms with E-state index in [9.17, 15) is 32.4 Å². The molecule has 1 N–H and O–H groups in total. The third kappa shape index (κ3) is 7.89. The summed E-state index contributed by atoms with van der Waals surface area (Å²) in [6, 6.07) is 5.04. The summed E-state index contributed by atoms with van der Waals surface area (Å²) in [7, 11) is -3.82. The summed E-state index contributed by atoms with van der Waals surface area (Å²) in [5.41, 5.74) is 1.44. The third-order valence-corrected chi connectivity index (χ3v) is 13.6. The van der Waals surface area contributed by atoms with Gasteiger partial charge in [-0.2, -0.15) is 0 Å². The fraction of sp³-hybridized carbons (Fsp3) is 0.711. The highest BCUT2D eigenvalue weighted by Gasteiger charge is 2.62. The number of ether oxygens (including phenoxy) is 2. The van der Waals surface area contributed by atoms with Gasteiger partial charge in [0.25, 0.3) is 0 Å². The number of hydrogen-bond acceptors (Lipinski definition) is 9. The molecular formula is C38H53N3O9S. The monoisotopic (exact) mass is 727 g/mol. The molecule has 0 spiro atoms. The summed E-state index contributed by atoms with van der Waals surface area (Å²) in [4.78, 5) is 72.7. The average molecular weight is 728 g/mol. The molecule has 51 heavy (non-hydrogen) atoms. The van der Waals surface area contributed by atoms with Gasteiger partial charge in [-0.1, -0.05) is 59.2 Å². The number of ketones is 2. The summed E-state index contributed by atoms with van der Waals surface area (Å²) in [5, 5.41) is -0.587. The van der Waals surface area contributed by atoms with Crippen LogP contribution in [0.1, 0.15) is 103 Å². The number of nitrogens with zero attached hydrogens (tertiary/aromatic N) is 2. The summed E-state index contributed by atoms with van der Waals surface area (Å²) >= 11 is 0. The Labute approximate surface area is 301 Å². The summed E-state index contributed by atoms with van der Waals surface area (Å²) in [6.07, 6.45) is 1.94. The van der Waals surface area contributed by atoms with Gasteiger partial charge in [0, 0.05) is 50.8 Å². The van der Waals surface area contributed by atoms with E-state index in [-0.39, 0.29) is 55.8 Å². The Balaban J connectivity index is 1.28. The first-order valence-corrected chi connectivity index (χ1v) is 20.1. The summed E-state index contributed by atoms with van der Waals surface area (Å²) in [5.74, 6) is -2.91. The second-order valence-corrected chi connectivity index (χ2v) is 18.6. The van der Waals surface area contributed by atoms with Crippen molar-refractivity contribution in [3.8, 4) is 0 Å². The Morgan fingerprint density at radius 2 is 1.80 bits per heavy atom. The van der Waals surface area contributed by atoms with Crippen molar-refractivity contribution < 1.29 is 41.9 Å². The van der Waals surface area contributed by atoms with E-state index in [4.69, 9.17) is 9.47 Å². The van der Waals surface area contributed by atoms with Crippen molar-refractivity contribution in [3.05, 3.63) is 34.9 Å². The van der Waals surface area contributed by atoms with Gasteiger partial charge < -0.3 is 14.4 Å². The van der Waals surface area contributed by atoms with E-state index in [1.807, 2.05) is 39.8 Å². The second-order valence-electron chi connectivity index (χ2n) is 16.6. The summed E-state index contributed by atoms with van der Waals surface area (Å²) in [6.45, 7) is 10.8. The zero-order valence-corrected chi connectivity index (χ0v) is 31.4. The Morgan fingerprint density at radius 1 is 1.08 bits per heavy atom. The molecule has 3 aliphatic heterocycles. The molecule has 0 aromatic heterocycles. The number of nitrogens with one attached hydrogen (secondary N) is 1. The first kappa shape index (κ1) is 37.4. The molecule has 12 nitrogen and oxygen atoms in total.